The molecule has 0 bridgehead atoms. The number of ether oxygens (including phenoxy) is 2. The molecule has 1 aliphatic heterocycles. The van der Waals surface area contributed by atoms with Crippen LogP contribution in [0.25, 0.3) is 5.76 Å². The third-order valence-corrected chi connectivity index (χ3v) is 7.03. The number of halogens is 2. The lowest BCUT2D eigenvalue weighted by atomic mass is 9.94. The van der Waals surface area contributed by atoms with E-state index in [-0.39, 0.29) is 38.6 Å². The van der Waals surface area contributed by atoms with Gasteiger partial charge in [0.2, 0.25) is 5.91 Å². The number of carbonyl (C=O) groups excluding carboxylic acids is 3. The van der Waals surface area contributed by atoms with Gasteiger partial charge in [-0.3, -0.25) is 19.3 Å². The van der Waals surface area contributed by atoms with Crippen LogP contribution < -0.4 is 24.6 Å². The normalized spacial score (nSPS) is 16.2. The quantitative estimate of drug-likeness (QED) is 0.210. The standard InChI is InChI=1S/C29H27Cl2N3O6/c1-15(35)32-17-7-6-8-19(13-17)34-24(16-9-11-18(12-10-16)33(2)3)22(26(37)29(34)38)25(36)20-14-21(30)28(40-5)23(31)27(20)39-4/h6-14,24,36H,1-5H3,(H,32,35)/b25-22+. The van der Waals surface area contributed by atoms with Gasteiger partial charge in [-0.05, 0) is 42.0 Å². The second-order valence-electron chi connectivity index (χ2n) is 9.17. The van der Waals surface area contributed by atoms with Gasteiger partial charge >= 0.3 is 0 Å². The van der Waals surface area contributed by atoms with Crippen LogP contribution in [-0.2, 0) is 14.4 Å². The molecule has 1 aliphatic rings. The van der Waals surface area contributed by atoms with Crippen LogP contribution in [0.5, 0.6) is 11.5 Å². The van der Waals surface area contributed by atoms with Gasteiger partial charge < -0.3 is 24.8 Å². The number of hydrogen-bond acceptors (Lipinski definition) is 7. The van der Waals surface area contributed by atoms with Crippen molar-refractivity contribution >= 4 is 63.6 Å². The summed E-state index contributed by atoms with van der Waals surface area (Å²) in [5.41, 5.74) is 2.04. The zero-order valence-corrected chi connectivity index (χ0v) is 23.9. The number of aliphatic hydroxyl groups is 1. The first kappa shape index (κ1) is 28.8. The van der Waals surface area contributed by atoms with E-state index < -0.39 is 23.5 Å². The summed E-state index contributed by atoms with van der Waals surface area (Å²) in [6, 6.07) is 14.1. The molecule has 3 aromatic rings. The van der Waals surface area contributed by atoms with E-state index in [1.54, 1.807) is 36.4 Å². The molecule has 40 heavy (non-hydrogen) atoms. The van der Waals surface area contributed by atoms with E-state index in [1.807, 2.05) is 31.1 Å². The van der Waals surface area contributed by atoms with Crippen LogP contribution in [-0.4, -0.2) is 51.0 Å². The van der Waals surface area contributed by atoms with Gasteiger partial charge in [0.15, 0.2) is 11.5 Å². The topological polar surface area (TPSA) is 108 Å². The van der Waals surface area contributed by atoms with Crippen LogP contribution in [0.2, 0.25) is 10.0 Å². The maximum absolute atomic E-state index is 13.6. The number of anilines is 3. The fourth-order valence-corrected chi connectivity index (χ4v) is 5.28. The van der Waals surface area contributed by atoms with E-state index in [1.165, 1.54) is 32.1 Å². The zero-order chi connectivity index (χ0) is 29.3. The van der Waals surface area contributed by atoms with Gasteiger partial charge in [0.05, 0.1) is 36.4 Å². The SMILES string of the molecule is COc1c(Cl)cc(/C(O)=C2\C(=O)C(=O)N(c3cccc(NC(C)=O)c3)C2c2ccc(N(C)C)cc2)c(OC)c1Cl. The molecule has 11 heteroatoms. The van der Waals surface area contributed by atoms with Crippen molar-refractivity contribution in [2.45, 2.75) is 13.0 Å². The first-order valence-corrected chi connectivity index (χ1v) is 12.8. The molecule has 1 saturated heterocycles. The number of aliphatic hydroxyl groups excluding tert-OH is 1. The lowest BCUT2D eigenvalue weighted by Gasteiger charge is -2.26. The maximum Gasteiger partial charge on any atom is 0.300 e. The van der Waals surface area contributed by atoms with Crippen molar-refractivity contribution in [1.82, 2.24) is 0 Å². The predicted molar refractivity (Wildman–Crippen MR) is 156 cm³/mol. The number of amides is 2. The minimum atomic E-state index is -1.03. The molecule has 2 N–H and O–H groups in total. The second-order valence-corrected chi connectivity index (χ2v) is 9.96. The Hall–Kier alpha value is -4.21. The number of rotatable bonds is 7. The molecule has 0 aliphatic carbocycles. The number of ketones is 1. The molecule has 0 radical (unpaired) electrons. The van der Waals surface area contributed by atoms with Crippen LogP contribution in [0, 0.1) is 0 Å². The number of hydrogen-bond donors (Lipinski definition) is 2. The molecule has 9 nitrogen and oxygen atoms in total. The highest BCUT2D eigenvalue weighted by atomic mass is 35.5. The maximum atomic E-state index is 13.6. The summed E-state index contributed by atoms with van der Waals surface area (Å²) in [6.07, 6.45) is 0. The van der Waals surface area contributed by atoms with Crippen LogP contribution >= 0.6 is 23.2 Å². The van der Waals surface area contributed by atoms with Crippen LogP contribution in [0.15, 0.2) is 60.2 Å². The summed E-state index contributed by atoms with van der Waals surface area (Å²) in [6.45, 7) is 1.36. The van der Waals surface area contributed by atoms with E-state index in [0.717, 1.165) is 5.69 Å². The van der Waals surface area contributed by atoms with Gasteiger partial charge in [0.25, 0.3) is 11.7 Å². The first-order chi connectivity index (χ1) is 19.0. The van der Waals surface area contributed by atoms with E-state index in [4.69, 9.17) is 32.7 Å². The summed E-state index contributed by atoms with van der Waals surface area (Å²) >= 11 is 12.8. The molecule has 0 saturated carbocycles. The highest BCUT2D eigenvalue weighted by Crippen LogP contribution is 2.48. The Labute approximate surface area is 241 Å². The molecule has 1 fully saturated rings. The van der Waals surface area contributed by atoms with Gasteiger partial charge in [-0.1, -0.05) is 41.4 Å². The van der Waals surface area contributed by atoms with Crippen molar-refractivity contribution < 1.29 is 29.0 Å². The Balaban J connectivity index is 1.99. The lowest BCUT2D eigenvalue weighted by Crippen LogP contribution is -2.29. The summed E-state index contributed by atoms with van der Waals surface area (Å²) in [5, 5.41) is 14.4. The van der Waals surface area contributed by atoms with Crippen molar-refractivity contribution in [3.05, 3.63) is 81.3 Å². The van der Waals surface area contributed by atoms with Crippen LogP contribution in [0.3, 0.4) is 0 Å². The van der Waals surface area contributed by atoms with Crippen molar-refractivity contribution in [3.8, 4) is 11.5 Å². The number of nitrogens with zero attached hydrogens (tertiary/aromatic N) is 2. The number of methoxy groups -OCH3 is 2. The van der Waals surface area contributed by atoms with E-state index in [0.29, 0.717) is 16.9 Å². The number of Topliss-reactive ketones (excluding diaryl/α,β-unsaturated/α-hetero) is 1. The largest absolute Gasteiger partial charge is 0.507 e. The molecule has 2 amide bonds. The smallest absolute Gasteiger partial charge is 0.300 e. The Bertz CT molecular complexity index is 1540. The minimum Gasteiger partial charge on any atom is -0.507 e. The summed E-state index contributed by atoms with van der Waals surface area (Å²) in [4.78, 5) is 42.0. The average molecular weight is 584 g/mol. The van der Waals surface area contributed by atoms with Gasteiger partial charge in [-0.25, -0.2) is 0 Å². The van der Waals surface area contributed by atoms with E-state index >= 15 is 0 Å². The minimum absolute atomic E-state index is 0.0110. The van der Waals surface area contributed by atoms with Gasteiger partial charge in [0, 0.05) is 38.1 Å². The van der Waals surface area contributed by atoms with Gasteiger partial charge in [-0.2, -0.15) is 0 Å². The first-order valence-electron chi connectivity index (χ1n) is 12.1. The van der Waals surface area contributed by atoms with Gasteiger partial charge in [0.1, 0.15) is 10.8 Å². The third-order valence-electron chi connectivity index (χ3n) is 6.41. The fraction of sp³-hybridized carbons (Fsp3) is 0.207. The molecule has 1 heterocycles. The molecule has 1 unspecified atom stereocenters. The van der Waals surface area contributed by atoms with Gasteiger partial charge in [-0.15, -0.1) is 0 Å². The van der Waals surface area contributed by atoms with Crippen molar-refractivity contribution in [1.29, 1.82) is 0 Å². The Morgan fingerprint density at radius 2 is 1.65 bits per heavy atom. The van der Waals surface area contributed by atoms with Crippen LogP contribution in [0.4, 0.5) is 17.1 Å². The number of nitrogens with one attached hydrogen (secondary N) is 1. The monoisotopic (exact) mass is 583 g/mol. The van der Waals surface area contributed by atoms with Crippen molar-refractivity contribution in [3.63, 3.8) is 0 Å². The highest BCUT2D eigenvalue weighted by molar-refractivity contribution is 6.52. The fourth-order valence-electron chi connectivity index (χ4n) is 4.60. The lowest BCUT2D eigenvalue weighted by molar-refractivity contribution is -0.132. The molecule has 4 rings (SSSR count). The van der Waals surface area contributed by atoms with E-state index in [9.17, 15) is 19.5 Å². The Morgan fingerprint density at radius 1 is 1.00 bits per heavy atom. The second kappa shape index (κ2) is 11.5. The zero-order valence-electron chi connectivity index (χ0n) is 22.4. The highest BCUT2D eigenvalue weighted by Gasteiger charge is 2.47. The average Bonchev–Trinajstić information content (AvgIpc) is 3.18. The molecule has 1 atom stereocenters. The third kappa shape index (κ3) is 5.17. The molecule has 0 aromatic heterocycles. The van der Waals surface area contributed by atoms with Crippen LogP contribution in [0.1, 0.15) is 24.1 Å². The Kier molecular flexibility index (Phi) is 8.27. The molecule has 0 spiro atoms. The molecular formula is C29H27Cl2N3O6. The number of benzene rings is 3. The molecule has 208 valence electrons. The molecule has 3 aromatic carbocycles. The summed E-state index contributed by atoms with van der Waals surface area (Å²) in [5.74, 6) is -2.47. The predicted octanol–water partition coefficient (Wildman–Crippen LogP) is 5.66. The van der Waals surface area contributed by atoms with E-state index in [2.05, 4.69) is 5.32 Å². The van der Waals surface area contributed by atoms with Crippen molar-refractivity contribution in [2.75, 3.05) is 43.4 Å². The summed E-state index contributed by atoms with van der Waals surface area (Å²) in [7, 11) is 6.50. The van der Waals surface area contributed by atoms with Crippen molar-refractivity contribution in [2.24, 2.45) is 0 Å². The summed E-state index contributed by atoms with van der Waals surface area (Å²) < 4.78 is 10.7. The molecular weight excluding hydrogens is 557 g/mol. The Morgan fingerprint density at radius 3 is 2.23 bits per heavy atom. The number of carbonyl (C=O) groups is 3.